The Morgan fingerprint density at radius 2 is 1.62 bits per heavy atom. The Kier molecular flexibility index (Phi) is 6.62. The maximum atomic E-state index is 9.55. The number of nitrogens with one attached hydrogen (secondary N) is 1. The minimum absolute atomic E-state index is 0. The van der Waals surface area contributed by atoms with Crippen LogP contribution in [-0.4, -0.2) is 5.11 Å². The minimum Gasteiger partial charge on any atom is -0.460 e. The fourth-order valence-corrected chi connectivity index (χ4v) is 2.48. The van der Waals surface area contributed by atoms with Crippen molar-refractivity contribution in [2.24, 2.45) is 0 Å². The molecule has 0 saturated carbocycles. The number of furan rings is 1. The lowest BCUT2D eigenvalue weighted by atomic mass is 10.1. The molecule has 0 amide bonds. The molecule has 1 heterocycles. The lowest BCUT2D eigenvalue weighted by Crippen LogP contribution is -2.11. The maximum Gasteiger partial charge on any atom is 0.134 e. The Morgan fingerprint density at radius 3 is 2.29 bits per heavy atom. The van der Waals surface area contributed by atoms with E-state index in [1.807, 2.05) is 54.6 Å². The van der Waals surface area contributed by atoms with Crippen molar-refractivity contribution in [2.75, 3.05) is 0 Å². The quantitative estimate of drug-likeness (QED) is 0.681. The molecule has 3 aromatic rings. The van der Waals surface area contributed by atoms with E-state index >= 15 is 0 Å². The van der Waals surface area contributed by atoms with E-state index in [4.69, 9.17) is 4.42 Å². The molecule has 0 fully saturated rings. The Balaban J connectivity index is 0.00000208. The fraction of sp³-hybridized carbons (Fsp3) is 0.200. The van der Waals surface area contributed by atoms with E-state index in [-0.39, 0.29) is 12.4 Å². The molecule has 0 aliphatic heterocycles. The van der Waals surface area contributed by atoms with E-state index < -0.39 is 6.10 Å². The van der Waals surface area contributed by atoms with E-state index in [0.717, 1.165) is 29.2 Å². The largest absolute Gasteiger partial charge is 0.460 e. The van der Waals surface area contributed by atoms with E-state index in [1.54, 1.807) is 6.92 Å². The zero-order chi connectivity index (χ0) is 16.1. The lowest BCUT2D eigenvalue weighted by Gasteiger charge is -2.05. The van der Waals surface area contributed by atoms with Crippen molar-refractivity contribution in [2.45, 2.75) is 26.1 Å². The molecule has 0 radical (unpaired) electrons. The van der Waals surface area contributed by atoms with Gasteiger partial charge < -0.3 is 14.8 Å². The van der Waals surface area contributed by atoms with Gasteiger partial charge in [0.2, 0.25) is 0 Å². The van der Waals surface area contributed by atoms with Crippen molar-refractivity contribution in [3.05, 3.63) is 83.6 Å². The van der Waals surface area contributed by atoms with Crippen LogP contribution in [0.1, 0.15) is 29.9 Å². The summed E-state index contributed by atoms with van der Waals surface area (Å²) in [6.45, 7) is 3.28. The van der Waals surface area contributed by atoms with Crippen LogP contribution in [0.3, 0.4) is 0 Å². The molecule has 2 N–H and O–H groups in total. The number of aliphatic hydroxyl groups is 1. The van der Waals surface area contributed by atoms with Gasteiger partial charge >= 0.3 is 0 Å². The van der Waals surface area contributed by atoms with Gasteiger partial charge in [0.1, 0.15) is 11.5 Å². The Morgan fingerprint density at radius 1 is 0.917 bits per heavy atom. The Labute approximate surface area is 148 Å². The predicted molar refractivity (Wildman–Crippen MR) is 99.0 cm³/mol. The molecule has 2 aromatic carbocycles. The molecule has 3 rings (SSSR count). The molecular formula is C20H22ClNO2. The second kappa shape index (κ2) is 8.69. The van der Waals surface area contributed by atoms with Crippen molar-refractivity contribution in [1.82, 2.24) is 5.32 Å². The molecule has 126 valence electrons. The molecule has 0 aliphatic rings. The van der Waals surface area contributed by atoms with E-state index in [2.05, 4.69) is 17.4 Å². The molecule has 0 aliphatic carbocycles. The molecule has 1 aromatic heterocycles. The molecule has 0 saturated heterocycles. The van der Waals surface area contributed by atoms with E-state index in [0.29, 0.717) is 6.54 Å². The highest BCUT2D eigenvalue weighted by Crippen LogP contribution is 2.24. The molecular weight excluding hydrogens is 322 g/mol. The van der Waals surface area contributed by atoms with Gasteiger partial charge in [-0.3, -0.25) is 0 Å². The Hall–Kier alpha value is -2.07. The standard InChI is InChI=1S/C20H21NO2.ClH/c1-15(22)17-7-9-18(10-8-17)20-12-11-19(23-20)14-21-13-16-5-3-2-4-6-16;/h2-12,15,21-22H,13-14H2,1H3;1H. The first-order valence-corrected chi connectivity index (χ1v) is 7.84. The van der Waals surface area contributed by atoms with Gasteiger partial charge in [-0.1, -0.05) is 54.6 Å². The number of halogens is 1. The van der Waals surface area contributed by atoms with Crippen molar-refractivity contribution in [3.63, 3.8) is 0 Å². The van der Waals surface area contributed by atoms with Gasteiger partial charge in [-0.2, -0.15) is 0 Å². The van der Waals surface area contributed by atoms with E-state index in [1.165, 1.54) is 5.56 Å². The number of hydrogen-bond acceptors (Lipinski definition) is 3. The van der Waals surface area contributed by atoms with Crippen LogP contribution in [0.4, 0.5) is 0 Å². The highest BCUT2D eigenvalue weighted by atomic mass is 35.5. The number of benzene rings is 2. The summed E-state index contributed by atoms with van der Waals surface area (Å²) >= 11 is 0. The number of rotatable bonds is 6. The van der Waals surface area contributed by atoms with Crippen molar-refractivity contribution >= 4 is 12.4 Å². The average molecular weight is 344 g/mol. The zero-order valence-electron chi connectivity index (χ0n) is 13.6. The van der Waals surface area contributed by atoms with Crippen LogP contribution < -0.4 is 5.32 Å². The second-order valence-electron chi connectivity index (χ2n) is 5.65. The maximum absolute atomic E-state index is 9.55. The summed E-state index contributed by atoms with van der Waals surface area (Å²) in [5, 5.41) is 12.9. The van der Waals surface area contributed by atoms with E-state index in [9.17, 15) is 5.11 Å². The molecule has 0 bridgehead atoms. The third kappa shape index (κ3) is 4.71. The normalized spacial score (nSPS) is 11.8. The first kappa shape index (κ1) is 18.3. The smallest absolute Gasteiger partial charge is 0.134 e. The third-order valence-corrected chi connectivity index (χ3v) is 3.81. The van der Waals surface area contributed by atoms with Gasteiger partial charge in [-0.05, 0) is 30.2 Å². The van der Waals surface area contributed by atoms with Crippen LogP contribution in [0, 0.1) is 0 Å². The number of hydrogen-bond donors (Lipinski definition) is 2. The molecule has 4 heteroatoms. The summed E-state index contributed by atoms with van der Waals surface area (Å²) in [5.74, 6) is 1.76. The van der Waals surface area contributed by atoms with Crippen molar-refractivity contribution < 1.29 is 9.52 Å². The monoisotopic (exact) mass is 343 g/mol. The van der Waals surface area contributed by atoms with Crippen LogP contribution in [0.2, 0.25) is 0 Å². The van der Waals surface area contributed by atoms with Crippen LogP contribution in [0.5, 0.6) is 0 Å². The molecule has 1 atom stereocenters. The third-order valence-electron chi connectivity index (χ3n) is 3.81. The summed E-state index contributed by atoms with van der Waals surface area (Å²) in [6, 6.07) is 22.1. The SMILES string of the molecule is CC(O)c1ccc(-c2ccc(CNCc3ccccc3)o2)cc1.Cl. The summed E-state index contributed by atoms with van der Waals surface area (Å²) < 4.78 is 5.88. The first-order valence-electron chi connectivity index (χ1n) is 7.84. The zero-order valence-corrected chi connectivity index (χ0v) is 14.4. The summed E-state index contributed by atoms with van der Waals surface area (Å²) in [7, 11) is 0. The summed E-state index contributed by atoms with van der Waals surface area (Å²) in [4.78, 5) is 0. The minimum atomic E-state index is -0.446. The number of aliphatic hydroxyl groups excluding tert-OH is 1. The van der Waals surface area contributed by atoms with Gasteiger partial charge in [0.05, 0.1) is 12.6 Å². The van der Waals surface area contributed by atoms with Gasteiger partial charge in [-0.25, -0.2) is 0 Å². The summed E-state index contributed by atoms with van der Waals surface area (Å²) in [6.07, 6.45) is -0.446. The molecule has 0 spiro atoms. The lowest BCUT2D eigenvalue weighted by molar-refractivity contribution is 0.199. The van der Waals surface area contributed by atoms with Crippen molar-refractivity contribution in [3.8, 4) is 11.3 Å². The highest BCUT2D eigenvalue weighted by molar-refractivity contribution is 5.85. The van der Waals surface area contributed by atoms with Crippen LogP contribution in [-0.2, 0) is 13.1 Å². The molecule has 3 nitrogen and oxygen atoms in total. The van der Waals surface area contributed by atoms with Crippen LogP contribution in [0.15, 0.2) is 71.1 Å². The predicted octanol–water partition coefficient (Wildman–Crippen LogP) is 4.71. The molecule has 24 heavy (non-hydrogen) atoms. The topological polar surface area (TPSA) is 45.4 Å². The van der Waals surface area contributed by atoms with Crippen LogP contribution >= 0.6 is 12.4 Å². The van der Waals surface area contributed by atoms with Gasteiger partial charge in [0.15, 0.2) is 0 Å². The van der Waals surface area contributed by atoms with Gasteiger partial charge in [0.25, 0.3) is 0 Å². The highest BCUT2D eigenvalue weighted by Gasteiger charge is 2.06. The average Bonchev–Trinajstić information content (AvgIpc) is 3.05. The summed E-state index contributed by atoms with van der Waals surface area (Å²) in [5.41, 5.74) is 3.18. The fourth-order valence-electron chi connectivity index (χ4n) is 2.48. The molecule has 1 unspecified atom stereocenters. The van der Waals surface area contributed by atoms with Crippen LogP contribution in [0.25, 0.3) is 11.3 Å². The van der Waals surface area contributed by atoms with Gasteiger partial charge in [0, 0.05) is 12.1 Å². The van der Waals surface area contributed by atoms with Crippen molar-refractivity contribution in [1.29, 1.82) is 0 Å². The second-order valence-corrected chi connectivity index (χ2v) is 5.65. The first-order chi connectivity index (χ1) is 11.2. The Bertz CT molecular complexity index is 736. The van der Waals surface area contributed by atoms with Gasteiger partial charge in [-0.15, -0.1) is 12.4 Å².